The van der Waals surface area contributed by atoms with Crippen LogP contribution in [0.15, 0.2) is 77.0 Å². The Bertz CT molecular complexity index is 1860. The Morgan fingerprint density at radius 1 is 0.880 bits per heavy atom. The maximum absolute atomic E-state index is 11.8. The van der Waals surface area contributed by atoms with Crippen molar-refractivity contribution >= 4 is 34.9 Å². The van der Waals surface area contributed by atoms with Gasteiger partial charge in [0.1, 0.15) is 17.8 Å². The molecule has 1 heterocycles. The van der Waals surface area contributed by atoms with Crippen LogP contribution in [0.5, 0.6) is 0 Å². The van der Waals surface area contributed by atoms with Crippen molar-refractivity contribution < 1.29 is 14.7 Å². The molecule has 2 atom stereocenters. The topological polar surface area (TPSA) is 160 Å². The zero-order chi connectivity index (χ0) is 36.8. The van der Waals surface area contributed by atoms with Gasteiger partial charge in [-0.05, 0) is 85.5 Å². The molecule has 1 aromatic heterocycles. The van der Waals surface area contributed by atoms with Gasteiger partial charge in [0.25, 0.3) is 5.95 Å². The Kier molecular flexibility index (Phi) is 14.4. The van der Waals surface area contributed by atoms with Gasteiger partial charge in [0.05, 0.1) is 17.8 Å². The van der Waals surface area contributed by atoms with E-state index in [0.29, 0.717) is 35.3 Å². The number of nitrogens with zero attached hydrogens (tertiary/aromatic N) is 7. The number of nitrogens with one attached hydrogen (secondary N) is 1. The number of imidazole rings is 1. The summed E-state index contributed by atoms with van der Waals surface area (Å²) in [7, 11) is 0. The lowest BCUT2D eigenvalue weighted by molar-refractivity contribution is -0.114. The number of hydrogen-bond donors (Lipinski definition) is 2. The summed E-state index contributed by atoms with van der Waals surface area (Å²) in [5.41, 5.74) is 5.77. The number of anilines is 2. The van der Waals surface area contributed by atoms with Crippen molar-refractivity contribution in [2.75, 3.05) is 23.3 Å². The quantitative estimate of drug-likeness (QED) is 0.134. The Labute approximate surface area is 294 Å². The first-order valence-electron chi connectivity index (χ1n) is 16.9. The molecule has 0 aliphatic carbocycles. The molecule has 0 spiro atoms. The smallest absolute Gasteiger partial charge is 0.335 e. The lowest BCUT2D eigenvalue weighted by atomic mass is 9.98. The van der Waals surface area contributed by atoms with Crippen molar-refractivity contribution in [3.63, 3.8) is 0 Å². The number of carbonyl (C=O) groups is 2. The number of azo groups is 1. The van der Waals surface area contributed by atoms with Crippen molar-refractivity contribution in [1.82, 2.24) is 9.55 Å². The highest BCUT2D eigenvalue weighted by atomic mass is 16.4. The van der Waals surface area contributed by atoms with E-state index < -0.39 is 5.97 Å². The maximum Gasteiger partial charge on any atom is 0.335 e. The monoisotopic (exact) mass is 674 g/mol. The Morgan fingerprint density at radius 2 is 1.46 bits per heavy atom. The fourth-order valence-electron chi connectivity index (χ4n) is 5.20. The van der Waals surface area contributed by atoms with Gasteiger partial charge in [-0.1, -0.05) is 64.1 Å². The van der Waals surface area contributed by atoms with Gasteiger partial charge in [-0.25, -0.2) is 4.79 Å². The van der Waals surface area contributed by atoms with Gasteiger partial charge in [0.15, 0.2) is 11.4 Å². The number of aromatic nitrogens is 2. The molecule has 3 aromatic carbocycles. The molecule has 0 radical (unpaired) electrons. The van der Waals surface area contributed by atoms with Crippen LogP contribution in [0.4, 0.5) is 23.0 Å². The van der Waals surface area contributed by atoms with E-state index in [9.17, 15) is 20.1 Å². The first kappa shape index (κ1) is 38.6. The van der Waals surface area contributed by atoms with Crippen LogP contribution in [0, 0.1) is 22.7 Å². The van der Waals surface area contributed by atoms with Crippen LogP contribution < -0.4 is 10.2 Å². The summed E-state index contributed by atoms with van der Waals surface area (Å²) < 4.78 is 1.59. The van der Waals surface area contributed by atoms with Crippen molar-refractivity contribution in [2.45, 2.75) is 79.7 Å². The molecule has 2 unspecified atom stereocenters. The number of carbonyl (C=O) groups excluding carboxylic acids is 1. The number of hydrogen-bond acceptors (Lipinski definition) is 8. The number of aromatic carboxylic acids is 1. The van der Waals surface area contributed by atoms with Crippen LogP contribution in [-0.4, -0.2) is 39.6 Å². The van der Waals surface area contributed by atoms with E-state index in [1.54, 1.807) is 22.8 Å². The van der Waals surface area contributed by atoms with E-state index in [0.717, 1.165) is 37.2 Å². The molecule has 4 rings (SSSR count). The highest BCUT2D eigenvalue weighted by Gasteiger charge is 2.18. The molecule has 4 aromatic rings. The van der Waals surface area contributed by atoms with Crippen molar-refractivity contribution in [3.8, 4) is 12.1 Å². The van der Waals surface area contributed by atoms with E-state index in [2.05, 4.69) is 85.2 Å². The molecular formula is C39H46N8O3. The van der Waals surface area contributed by atoms with Crippen molar-refractivity contribution in [1.29, 1.82) is 10.5 Å². The highest BCUT2D eigenvalue weighted by Crippen LogP contribution is 2.32. The van der Waals surface area contributed by atoms with Gasteiger partial charge in [-0.2, -0.15) is 15.5 Å². The molecule has 0 saturated heterocycles. The Balaban J connectivity index is 0.000000436. The summed E-state index contributed by atoms with van der Waals surface area (Å²) in [5.74, 6) is 0.00528. The summed E-state index contributed by atoms with van der Waals surface area (Å²) in [6.45, 7) is 16.1. The molecule has 1 amide bonds. The van der Waals surface area contributed by atoms with Crippen molar-refractivity contribution in [3.05, 3.63) is 100 Å². The van der Waals surface area contributed by atoms with E-state index in [-0.39, 0.29) is 23.2 Å². The van der Waals surface area contributed by atoms with Crippen LogP contribution in [-0.2, 0) is 11.3 Å². The van der Waals surface area contributed by atoms with Gasteiger partial charge in [0, 0.05) is 25.7 Å². The SMILES string of the molecule is CCC(C)c1ccc(C(=O)O)cc1.CCC(C)c1ccc(Cn2c(N=Nc3ccc(N(CC)CC)cc3NC(C)=O)nc(C#N)c2C#N)cc1. The molecule has 0 fully saturated rings. The molecule has 11 nitrogen and oxygen atoms in total. The standard InChI is InChI=1S/C28H32N8O.C11H14O2/c1-6-19(4)22-11-9-21(10-12-22)18-36-27(17-30)26(16-29)32-28(36)34-33-24-14-13-23(35(7-2)8-3)15-25(24)31-20(5)37;1-3-8(2)9-4-6-10(7-5-9)11(12)13/h9-15,19H,6-8,18H2,1-5H3,(H,31,37);4-8H,3H2,1-2H3,(H,12,13). The Morgan fingerprint density at radius 3 is 1.94 bits per heavy atom. The van der Waals surface area contributed by atoms with Crippen LogP contribution in [0.25, 0.3) is 0 Å². The zero-order valence-electron chi connectivity index (χ0n) is 29.9. The van der Waals surface area contributed by atoms with Gasteiger partial charge in [-0.15, -0.1) is 10.2 Å². The first-order valence-corrected chi connectivity index (χ1v) is 16.9. The van der Waals surface area contributed by atoms with Crippen LogP contribution >= 0.6 is 0 Å². The molecule has 2 N–H and O–H groups in total. The van der Waals surface area contributed by atoms with E-state index in [4.69, 9.17) is 5.11 Å². The Hall–Kier alpha value is -5.81. The molecular weight excluding hydrogens is 628 g/mol. The largest absolute Gasteiger partial charge is 0.478 e. The summed E-state index contributed by atoms with van der Waals surface area (Å²) in [5, 5.41) is 39.4. The van der Waals surface area contributed by atoms with Gasteiger partial charge < -0.3 is 15.3 Å². The molecule has 11 heteroatoms. The average molecular weight is 675 g/mol. The third kappa shape index (κ3) is 10.1. The van der Waals surface area contributed by atoms with Crippen LogP contribution in [0.3, 0.4) is 0 Å². The number of amides is 1. The van der Waals surface area contributed by atoms with Gasteiger partial charge in [-0.3, -0.25) is 9.36 Å². The molecule has 0 aliphatic rings. The minimum absolute atomic E-state index is 0.00774. The van der Waals surface area contributed by atoms with Gasteiger partial charge in [0.2, 0.25) is 5.91 Å². The predicted octanol–water partition coefficient (Wildman–Crippen LogP) is 9.31. The lowest BCUT2D eigenvalue weighted by Crippen LogP contribution is -2.21. The fourth-order valence-corrected chi connectivity index (χ4v) is 5.20. The molecule has 0 bridgehead atoms. The van der Waals surface area contributed by atoms with E-state index in [1.165, 1.54) is 18.1 Å². The summed E-state index contributed by atoms with van der Waals surface area (Å²) in [6, 6.07) is 24.9. The van der Waals surface area contributed by atoms with Crippen LogP contribution in [0.2, 0.25) is 0 Å². The number of carboxylic acids is 1. The summed E-state index contributed by atoms with van der Waals surface area (Å²) in [4.78, 5) is 28.8. The third-order valence-corrected chi connectivity index (χ3v) is 8.67. The zero-order valence-corrected chi connectivity index (χ0v) is 29.9. The highest BCUT2D eigenvalue weighted by molar-refractivity contribution is 5.93. The third-order valence-electron chi connectivity index (χ3n) is 8.67. The average Bonchev–Trinajstić information content (AvgIpc) is 3.47. The molecule has 0 saturated carbocycles. The van der Waals surface area contributed by atoms with Crippen molar-refractivity contribution in [2.24, 2.45) is 10.2 Å². The second-order valence-electron chi connectivity index (χ2n) is 12.0. The number of benzene rings is 3. The number of rotatable bonds is 13. The first-order chi connectivity index (χ1) is 24.0. The fraction of sp³-hybridized carbons (Fsp3) is 0.359. The minimum atomic E-state index is -0.865. The molecule has 260 valence electrons. The van der Waals surface area contributed by atoms with E-state index >= 15 is 0 Å². The van der Waals surface area contributed by atoms with Gasteiger partial charge >= 0.3 is 5.97 Å². The van der Waals surface area contributed by atoms with E-state index in [1.807, 2.05) is 42.5 Å². The number of carboxylic acid groups (broad SMARTS) is 1. The summed E-state index contributed by atoms with van der Waals surface area (Å²) in [6.07, 6.45) is 2.12. The van der Waals surface area contributed by atoms with Crippen LogP contribution in [0.1, 0.15) is 112 Å². The summed E-state index contributed by atoms with van der Waals surface area (Å²) >= 11 is 0. The molecule has 50 heavy (non-hydrogen) atoms. The predicted molar refractivity (Wildman–Crippen MR) is 196 cm³/mol. The second-order valence-corrected chi connectivity index (χ2v) is 12.0. The number of nitriles is 2. The maximum atomic E-state index is 11.8. The molecule has 0 aliphatic heterocycles. The normalized spacial score (nSPS) is 11.9. The lowest BCUT2D eigenvalue weighted by Gasteiger charge is -2.22. The second kappa shape index (κ2) is 18.7. The minimum Gasteiger partial charge on any atom is -0.478 e.